The van der Waals surface area contributed by atoms with Gasteiger partial charge in [-0.25, -0.2) is 19.6 Å². The van der Waals surface area contributed by atoms with Crippen molar-refractivity contribution in [2.24, 2.45) is 11.8 Å². The maximum Gasteiger partial charge on any atom is 0.407 e. The van der Waals surface area contributed by atoms with E-state index in [2.05, 4.69) is 34.2 Å². The lowest BCUT2D eigenvalue weighted by molar-refractivity contribution is -0.145. The van der Waals surface area contributed by atoms with Crippen molar-refractivity contribution < 1.29 is 38.9 Å². The molecule has 4 fully saturated rings. The number of amides is 4. The summed E-state index contributed by atoms with van der Waals surface area (Å²) < 4.78 is 11.9. The molecule has 0 bridgehead atoms. The van der Waals surface area contributed by atoms with Gasteiger partial charge in [-0.15, -0.1) is 0 Å². The topological polar surface area (TPSA) is 198 Å². The SMILES string of the molecule is C[C@@H]1CC([C@@H](C(=O)N2[C@@H](C)CC[C@H]2c2ncc(-c3ccc(-c4ccc(-c5cnc([C@@H]6CC[C@H](C)N6C(=O)[C@H](C6C[C@@H](C)O[C@H](C)C6)N(C)C(=O)O)[nH]5)cc4)cc3)[nH]2)N(C)C(=O)O)C[C@@H](C)O1. The number of likely N-dealkylation sites (tertiary alicyclic amines) is 2. The van der Waals surface area contributed by atoms with Crippen LogP contribution in [0.15, 0.2) is 60.9 Å². The number of carbonyl (C=O) groups excluding carboxylic acids is 2. The van der Waals surface area contributed by atoms with E-state index in [1.54, 1.807) is 12.4 Å². The first-order valence-corrected chi connectivity index (χ1v) is 23.7. The molecule has 6 heterocycles. The Morgan fingerprint density at radius 1 is 0.561 bits per heavy atom. The summed E-state index contributed by atoms with van der Waals surface area (Å²) in [6.07, 6.45) is 6.55. The summed E-state index contributed by atoms with van der Waals surface area (Å²) in [7, 11) is 2.99. The number of nitrogens with zero attached hydrogens (tertiary/aromatic N) is 6. The number of likely N-dealkylation sites (N-methyl/N-ethyl adjacent to an activating group) is 2. The van der Waals surface area contributed by atoms with Gasteiger partial charge in [0.1, 0.15) is 23.7 Å². The van der Waals surface area contributed by atoms with Crippen molar-refractivity contribution in [3.8, 4) is 33.6 Å². The molecule has 16 heteroatoms. The summed E-state index contributed by atoms with van der Waals surface area (Å²) >= 11 is 0. The Morgan fingerprint density at radius 3 is 1.20 bits per heavy atom. The summed E-state index contributed by atoms with van der Waals surface area (Å²) in [4.78, 5) is 76.1. The zero-order valence-corrected chi connectivity index (χ0v) is 39.4. The molecule has 4 N–H and O–H groups in total. The van der Waals surface area contributed by atoms with Crippen molar-refractivity contribution in [2.75, 3.05) is 14.1 Å². The van der Waals surface area contributed by atoms with Crippen LogP contribution in [0.25, 0.3) is 33.6 Å². The van der Waals surface area contributed by atoms with Gasteiger partial charge in [0, 0.05) is 26.2 Å². The molecular formula is C50H66N8O8. The minimum Gasteiger partial charge on any atom is -0.465 e. The lowest BCUT2D eigenvalue weighted by Crippen LogP contribution is -2.55. The molecule has 0 aliphatic carbocycles. The highest BCUT2D eigenvalue weighted by Gasteiger charge is 2.48. The maximum atomic E-state index is 14.5. The van der Waals surface area contributed by atoms with Crippen LogP contribution in [0.3, 0.4) is 0 Å². The van der Waals surface area contributed by atoms with Crippen LogP contribution >= 0.6 is 0 Å². The summed E-state index contributed by atoms with van der Waals surface area (Å²) in [6.45, 7) is 12.0. The minimum absolute atomic E-state index is 0.0659. The van der Waals surface area contributed by atoms with E-state index >= 15 is 0 Å². The molecular weight excluding hydrogens is 841 g/mol. The number of rotatable bonds is 11. The van der Waals surface area contributed by atoms with E-state index in [0.717, 1.165) is 59.3 Å². The number of ether oxygens (including phenoxy) is 2. The van der Waals surface area contributed by atoms with Crippen LogP contribution in [-0.4, -0.2) is 136 Å². The van der Waals surface area contributed by atoms with E-state index in [0.29, 0.717) is 37.3 Å². The van der Waals surface area contributed by atoms with Crippen molar-refractivity contribution in [1.82, 2.24) is 39.5 Å². The first-order chi connectivity index (χ1) is 31.5. The largest absolute Gasteiger partial charge is 0.465 e. The van der Waals surface area contributed by atoms with Crippen molar-refractivity contribution in [3.05, 3.63) is 72.6 Å². The average Bonchev–Trinajstić information content (AvgIpc) is 4.10. The van der Waals surface area contributed by atoms with E-state index in [1.807, 2.05) is 75.6 Å². The quantitative estimate of drug-likeness (QED) is 0.113. The van der Waals surface area contributed by atoms with Gasteiger partial charge in [0.2, 0.25) is 11.8 Å². The van der Waals surface area contributed by atoms with Crippen molar-refractivity contribution in [3.63, 3.8) is 0 Å². The van der Waals surface area contributed by atoms with Gasteiger partial charge in [0.05, 0.1) is 60.3 Å². The number of hydrogen-bond acceptors (Lipinski definition) is 8. The van der Waals surface area contributed by atoms with Gasteiger partial charge in [0.25, 0.3) is 0 Å². The molecule has 10 atom stereocenters. The Hall–Kier alpha value is -5.74. The number of benzene rings is 2. The molecule has 0 radical (unpaired) electrons. The Bertz CT molecular complexity index is 2180. The number of carboxylic acid groups (broad SMARTS) is 2. The fraction of sp³-hybridized carbons (Fsp3) is 0.560. The van der Waals surface area contributed by atoms with Crippen molar-refractivity contribution in [1.29, 1.82) is 0 Å². The normalized spacial score (nSPS) is 28.8. The second-order valence-corrected chi connectivity index (χ2v) is 19.5. The zero-order chi connectivity index (χ0) is 47.1. The molecule has 8 rings (SSSR count). The summed E-state index contributed by atoms with van der Waals surface area (Å²) in [6, 6.07) is 14.1. The van der Waals surface area contributed by atoms with E-state index in [4.69, 9.17) is 19.4 Å². The average molecular weight is 907 g/mol. The third kappa shape index (κ3) is 9.44. The molecule has 0 spiro atoms. The number of H-pyrrole nitrogens is 2. The van der Waals surface area contributed by atoms with Crippen LogP contribution in [0, 0.1) is 11.8 Å². The van der Waals surface area contributed by atoms with Crippen molar-refractivity contribution >= 4 is 24.0 Å². The second-order valence-electron chi connectivity index (χ2n) is 19.5. The van der Waals surface area contributed by atoms with Crippen molar-refractivity contribution in [2.45, 2.75) is 154 Å². The number of nitrogens with one attached hydrogen (secondary N) is 2. The number of imidazole rings is 2. The molecule has 0 saturated carbocycles. The van der Waals surface area contributed by atoms with E-state index in [9.17, 15) is 29.4 Å². The Kier molecular flexibility index (Phi) is 13.6. The number of carbonyl (C=O) groups is 4. The van der Waals surface area contributed by atoms with Crippen LogP contribution in [0.5, 0.6) is 0 Å². The number of aromatic amines is 2. The van der Waals surface area contributed by atoms with Crippen LogP contribution in [0.4, 0.5) is 9.59 Å². The highest BCUT2D eigenvalue weighted by Crippen LogP contribution is 2.41. The molecule has 0 unspecified atom stereocenters. The Morgan fingerprint density at radius 2 is 0.879 bits per heavy atom. The zero-order valence-electron chi connectivity index (χ0n) is 39.4. The lowest BCUT2D eigenvalue weighted by atomic mass is 9.84. The molecule has 4 saturated heterocycles. The minimum atomic E-state index is -1.12. The smallest absolute Gasteiger partial charge is 0.407 e. The number of hydrogen-bond donors (Lipinski definition) is 4. The molecule has 2 aromatic heterocycles. The molecule has 4 amide bonds. The van der Waals surface area contributed by atoms with E-state index in [1.165, 1.54) is 23.9 Å². The summed E-state index contributed by atoms with van der Waals surface area (Å²) in [5.41, 5.74) is 5.62. The Balaban J connectivity index is 0.945. The van der Waals surface area contributed by atoms with Gasteiger partial charge in [0.15, 0.2) is 0 Å². The third-order valence-corrected chi connectivity index (χ3v) is 14.7. The first kappa shape index (κ1) is 46.8. The van der Waals surface area contributed by atoms with Gasteiger partial charge >= 0.3 is 12.2 Å². The van der Waals surface area contributed by atoms with Crippen LogP contribution < -0.4 is 0 Å². The molecule has 16 nitrogen and oxygen atoms in total. The molecule has 354 valence electrons. The van der Waals surface area contributed by atoms with Gasteiger partial charge in [-0.1, -0.05) is 48.5 Å². The van der Waals surface area contributed by atoms with E-state index in [-0.39, 0.29) is 72.2 Å². The predicted octanol–water partition coefficient (Wildman–Crippen LogP) is 8.60. The summed E-state index contributed by atoms with van der Waals surface area (Å²) in [5.74, 6) is 0.685. The lowest BCUT2D eigenvalue weighted by Gasteiger charge is -2.41. The molecule has 2 aromatic carbocycles. The summed E-state index contributed by atoms with van der Waals surface area (Å²) in [5, 5.41) is 20.1. The van der Waals surface area contributed by atoms with Gasteiger partial charge < -0.3 is 39.5 Å². The maximum absolute atomic E-state index is 14.5. The fourth-order valence-electron chi connectivity index (χ4n) is 11.6. The fourth-order valence-corrected chi connectivity index (χ4v) is 11.6. The van der Waals surface area contributed by atoms with Gasteiger partial charge in [-0.05, 0) is 127 Å². The molecule has 4 aliphatic rings. The van der Waals surface area contributed by atoms with Gasteiger partial charge in [-0.3, -0.25) is 19.4 Å². The monoisotopic (exact) mass is 907 g/mol. The van der Waals surface area contributed by atoms with Crippen LogP contribution in [0.2, 0.25) is 0 Å². The van der Waals surface area contributed by atoms with E-state index < -0.39 is 24.3 Å². The molecule has 66 heavy (non-hydrogen) atoms. The number of aromatic nitrogens is 4. The first-order valence-electron chi connectivity index (χ1n) is 23.7. The second kappa shape index (κ2) is 19.2. The Labute approximate surface area is 387 Å². The van der Waals surface area contributed by atoms with Crippen LogP contribution in [-0.2, 0) is 19.1 Å². The van der Waals surface area contributed by atoms with Gasteiger partial charge in [-0.2, -0.15) is 0 Å². The highest BCUT2D eigenvalue weighted by atomic mass is 16.5. The van der Waals surface area contributed by atoms with Crippen LogP contribution in [0.1, 0.15) is 117 Å². The molecule has 4 aliphatic heterocycles. The standard InChI is InChI=1S/C50H66N8O8/c1-27-9-19-41(57(27)47(59)43(55(7)49(61)62)37-21-29(3)65-30(4)22-37)45-51-25-39(53-45)35-15-11-33(12-16-35)34-13-17-36(18-14-34)40-26-52-46(54-40)42-20-10-28(2)58(42)48(60)44(56(8)50(63)64)38-23-31(5)66-32(6)24-38/h11-18,25-32,37-38,41-44H,9-10,19-24H2,1-8H3,(H,51,53)(H,52,54)(H,61,62)(H,63,64)/t27-,28-,29+,30+,31+,32+,41-,42-,43-,44-/m0/s1. The predicted molar refractivity (Wildman–Crippen MR) is 248 cm³/mol. The highest BCUT2D eigenvalue weighted by molar-refractivity contribution is 5.87. The third-order valence-electron chi connectivity index (χ3n) is 14.7. The molecule has 4 aromatic rings.